The Hall–Kier alpha value is -0.580. The molecule has 0 bridgehead atoms. The summed E-state index contributed by atoms with van der Waals surface area (Å²) in [6.45, 7) is 3.05. The Bertz CT molecular complexity index is 378. The highest BCUT2D eigenvalue weighted by Crippen LogP contribution is 2.36. The van der Waals surface area contributed by atoms with Gasteiger partial charge in [-0.05, 0) is 59.0 Å². The summed E-state index contributed by atoms with van der Waals surface area (Å²) < 4.78 is 1.10. The van der Waals surface area contributed by atoms with Gasteiger partial charge < -0.3 is 5.32 Å². The average Bonchev–Trinajstić information content (AvgIpc) is 2.91. The van der Waals surface area contributed by atoms with Crippen LogP contribution in [-0.2, 0) is 0 Å². The van der Waals surface area contributed by atoms with Crippen molar-refractivity contribution in [1.29, 1.82) is 0 Å². The Morgan fingerprint density at radius 2 is 2.33 bits per heavy atom. The highest BCUT2D eigenvalue weighted by Gasteiger charge is 2.32. The smallest absolute Gasteiger partial charge is 0.251 e. The second-order valence-electron chi connectivity index (χ2n) is 4.19. The summed E-state index contributed by atoms with van der Waals surface area (Å²) in [4.78, 5) is 11.7. The van der Waals surface area contributed by atoms with Crippen molar-refractivity contribution in [1.82, 2.24) is 5.32 Å². The lowest BCUT2D eigenvalue weighted by Crippen LogP contribution is -2.25. The number of hydrogen-bond acceptors (Lipinski definition) is 1. The van der Waals surface area contributed by atoms with Gasteiger partial charge >= 0.3 is 0 Å². The Labute approximate surface area is 104 Å². The molecular weight excluding hydrogens is 301 g/mol. The number of benzene rings is 1. The minimum atomic E-state index is 0.0487. The van der Waals surface area contributed by atoms with E-state index >= 15 is 0 Å². The highest BCUT2D eigenvalue weighted by atomic mass is 127. The van der Waals surface area contributed by atoms with Gasteiger partial charge in [-0.2, -0.15) is 0 Å². The van der Waals surface area contributed by atoms with Crippen LogP contribution in [0.4, 0.5) is 0 Å². The fraction of sp³-hybridized carbons (Fsp3) is 0.417. The van der Waals surface area contributed by atoms with Gasteiger partial charge in [0.05, 0.1) is 0 Å². The molecule has 0 saturated heterocycles. The molecule has 15 heavy (non-hydrogen) atoms. The van der Waals surface area contributed by atoms with Crippen molar-refractivity contribution in [2.75, 3.05) is 6.54 Å². The summed E-state index contributed by atoms with van der Waals surface area (Å²) in [6, 6.07) is 7.66. The Morgan fingerprint density at radius 3 is 2.93 bits per heavy atom. The Kier molecular flexibility index (Phi) is 3.29. The minimum absolute atomic E-state index is 0.0487. The van der Waals surface area contributed by atoms with Crippen LogP contribution < -0.4 is 5.32 Å². The van der Waals surface area contributed by atoms with Gasteiger partial charge in [0, 0.05) is 15.7 Å². The van der Waals surface area contributed by atoms with E-state index in [1.54, 1.807) is 0 Å². The maximum absolute atomic E-state index is 11.7. The van der Waals surface area contributed by atoms with Gasteiger partial charge in [0.25, 0.3) is 5.91 Å². The normalized spacial score (nSPS) is 23.6. The maximum Gasteiger partial charge on any atom is 0.251 e. The van der Waals surface area contributed by atoms with Crippen LogP contribution in [0.1, 0.15) is 23.7 Å². The van der Waals surface area contributed by atoms with E-state index < -0.39 is 0 Å². The summed E-state index contributed by atoms with van der Waals surface area (Å²) in [5.41, 5.74) is 0.759. The van der Waals surface area contributed by atoms with Gasteiger partial charge in [-0.15, -0.1) is 0 Å². The molecule has 0 radical (unpaired) electrons. The van der Waals surface area contributed by atoms with E-state index in [0.717, 1.165) is 21.6 Å². The molecule has 2 unspecified atom stereocenters. The zero-order valence-electron chi connectivity index (χ0n) is 8.66. The molecule has 0 aromatic heterocycles. The summed E-state index contributed by atoms with van der Waals surface area (Å²) in [7, 11) is 0. The van der Waals surface area contributed by atoms with Crippen molar-refractivity contribution >= 4 is 28.5 Å². The Balaban J connectivity index is 1.90. The SMILES string of the molecule is CC1CC1CNC(=O)c1cccc(I)c1. The van der Waals surface area contributed by atoms with E-state index in [1.165, 1.54) is 6.42 Å². The van der Waals surface area contributed by atoms with E-state index in [9.17, 15) is 4.79 Å². The summed E-state index contributed by atoms with van der Waals surface area (Å²) >= 11 is 2.22. The van der Waals surface area contributed by atoms with Crippen LogP contribution in [0.5, 0.6) is 0 Å². The molecule has 80 valence electrons. The number of nitrogens with one attached hydrogen (secondary N) is 1. The molecule has 1 aromatic rings. The van der Waals surface area contributed by atoms with Crippen LogP contribution in [-0.4, -0.2) is 12.5 Å². The van der Waals surface area contributed by atoms with E-state index in [4.69, 9.17) is 0 Å². The fourth-order valence-electron chi connectivity index (χ4n) is 1.64. The van der Waals surface area contributed by atoms with Gasteiger partial charge in [0.15, 0.2) is 0 Å². The van der Waals surface area contributed by atoms with Crippen molar-refractivity contribution in [3.8, 4) is 0 Å². The number of hydrogen-bond donors (Lipinski definition) is 1. The van der Waals surface area contributed by atoms with Crippen molar-refractivity contribution in [3.05, 3.63) is 33.4 Å². The molecule has 2 atom stereocenters. The zero-order valence-corrected chi connectivity index (χ0v) is 10.8. The van der Waals surface area contributed by atoms with Crippen LogP contribution in [0.15, 0.2) is 24.3 Å². The molecule has 1 saturated carbocycles. The van der Waals surface area contributed by atoms with E-state index in [-0.39, 0.29) is 5.91 Å². The van der Waals surface area contributed by atoms with Gasteiger partial charge in [-0.3, -0.25) is 4.79 Å². The predicted octanol–water partition coefficient (Wildman–Crippen LogP) is 2.68. The van der Waals surface area contributed by atoms with Crippen LogP contribution in [0.25, 0.3) is 0 Å². The quantitative estimate of drug-likeness (QED) is 0.854. The number of halogens is 1. The lowest BCUT2D eigenvalue weighted by Gasteiger charge is -2.04. The van der Waals surface area contributed by atoms with Crippen molar-refractivity contribution in [2.45, 2.75) is 13.3 Å². The van der Waals surface area contributed by atoms with Gasteiger partial charge in [-0.1, -0.05) is 13.0 Å². The molecular formula is C12H14INO. The predicted molar refractivity (Wildman–Crippen MR) is 68.8 cm³/mol. The molecule has 1 amide bonds. The number of carbonyl (C=O) groups excluding carboxylic acids is 1. The lowest BCUT2D eigenvalue weighted by molar-refractivity contribution is 0.0951. The standard InChI is InChI=1S/C12H14INO/c1-8-5-10(8)7-14-12(15)9-3-2-4-11(13)6-9/h2-4,6,8,10H,5,7H2,1H3,(H,14,15). The van der Waals surface area contributed by atoms with Crippen LogP contribution in [0, 0.1) is 15.4 Å². The number of amides is 1. The molecule has 1 aromatic carbocycles. The first-order valence-corrected chi connectivity index (χ1v) is 6.28. The van der Waals surface area contributed by atoms with Crippen molar-refractivity contribution < 1.29 is 4.79 Å². The molecule has 0 spiro atoms. The van der Waals surface area contributed by atoms with E-state index in [0.29, 0.717) is 5.92 Å². The summed E-state index contributed by atoms with van der Waals surface area (Å²) in [6.07, 6.45) is 1.26. The third-order valence-electron chi connectivity index (χ3n) is 2.89. The molecule has 0 aliphatic heterocycles. The second kappa shape index (κ2) is 4.51. The molecule has 0 heterocycles. The van der Waals surface area contributed by atoms with Gasteiger partial charge in [0.2, 0.25) is 0 Å². The van der Waals surface area contributed by atoms with Gasteiger partial charge in [-0.25, -0.2) is 0 Å². The lowest BCUT2D eigenvalue weighted by atomic mass is 10.2. The molecule has 2 nitrogen and oxygen atoms in total. The monoisotopic (exact) mass is 315 g/mol. The molecule has 3 heteroatoms. The maximum atomic E-state index is 11.7. The summed E-state index contributed by atoms with van der Waals surface area (Å²) in [5, 5.41) is 2.98. The number of carbonyl (C=O) groups is 1. The zero-order chi connectivity index (χ0) is 10.8. The number of rotatable bonds is 3. The molecule has 1 aliphatic rings. The third-order valence-corrected chi connectivity index (χ3v) is 3.56. The van der Waals surface area contributed by atoms with Crippen molar-refractivity contribution in [3.63, 3.8) is 0 Å². The topological polar surface area (TPSA) is 29.1 Å². The first-order valence-electron chi connectivity index (χ1n) is 5.20. The minimum Gasteiger partial charge on any atom is -0.352 e. The molecule has 1 fully saturated rings. The van der Waals surface area contributed by atoms with E-state index in [1.807, 2.05) is 24.3 Å². The van der Waals surface area contributed by atoms with Crippen molar-refractivity contribution in [2.24, 2.45) is 11.8 Å². The molecule has 1 aliphatic carbocycles. The van der Waals surface area contributed by atoms with E-state index in [2.05, 4.69) is 34.8 Å². The van der Waals surface area contributed by atoms with Gasteiger partial charge in [0.1, 0.15) is 0 Å². The average molecular weight is 315 g/mol. The largest absolute Gasteiger partial charge is 0.352 e. The second-order valence-corrected chi connectivity index (χ2v) is 5.44. The third kappa shape index (κ3) is 2.93. The highest BCUT2D eigenvalue weighted by molar-refractivity contribution is 14.1. The Morgan fingerprint density at radius 1 is 1.60 bits per heavy atom. The van der Waals surface area contributed by atoms with Crippen LogP contribution in [0.3, 0.4) is 0 Å². The first-order chi connectivity index (χ1) is 7.16. The summed E-state index contributed by atoms with van der Waals surface area (Å²) in [5.74, 6) is 1.55. The fourth-order valence-corrected chi connectivity index (χ4v) is 2.18. The molecule has 1 N–H and O–H groups in total. The first kappa shape index (κ1) is 10.9. The van der Waals surface area contributed by atoms with Crippen LogP contribution >= 0.6 is 22.6 Å². The molecule has 2 rings (SSSR count). The van der Waals surface area contributed by atoms with Crippen LogP contribution in [0.2, 0.25) is 0 Å².